The minimum absolute atomic E-state index is 0.0815. The van der Waals surface area contributed by atoms with E-state index < -0.39 is 17.7 Å². The van der Waals surface area contributed by atoms with Gasteiger partial charge in [-0.25, -0.2) is 18.7 Å². The third kappa shape index (κ3) is 2.78. The summed E-state index contributed by atoms with van der Waals surface area (Å²) in [7, 11) is 0. The highest BCUT2D eigenvalue weighted by Crippen LogP contribution is 2.20. The highest BCUT2D eigenvalue weighted by Gasteiger charge is 2.17. The topological polar surface area (TPSA) is 58.0 Å². The van der Waals surface area contributed by atoms with Gasteiger partial charge >= 0.3 is 0 Å². The monoisotopic (exact) mass is 251 g/mol. The summed E-state index contributed by atoms with van der Waals surface area (Å²) in [5.41, 5.74) is -0.360. The van der Waals surface area contributed by atoms with Crippen molar-refractivity contribution in [3.8, 4) is 0 Å². The van der Waals surface area contributed by atoms with Crippen LogP contribution < -0.4 is 5.32 Å². The van der Waals surface area contributed by atoms with Crippen molar-refractivity contribution in [2.45, 2.75) is 6.10 Å². The lowest BCUT2D eigenvalue weighted by Gasteiger charge is -2.13. The normalized spacial score (nSPS) is 12.2. The molecule has 0 bridgehead atoms. The van der Waals surface area contributed by atoms with Gasteiger partial charge in [-0.2, -0.15) is 0 Å². The molecule has 0 aliphatic heterocycles. The molecule has 2 rings (SSSR count). The molecule has 94 valence electrons. The van der Waals surface area contributed by atoms with Gasteiger partial charge in [0.05, 0.1) is 5.56 Å². The second-order valence-electron chi connectivity index (χ2n) is 3.60. The summed E-state index contributed by atoms with van der Waals surface area (Å²) in [6.07, 6.45) is 1.73. The summed E-state index contributed by atoms with van der Waals surface area (Å²) in [5, 5.41) is 12.4. The van der Waals surface area contributed by atoms with Gasteiger partial charge in [-0.15, -0.1) is 0 Å². The first-order valence-corrected chi connectivity index (χ1v) is 5.31. The molecule has 1 aromatic heterocycles. The molecule has 0 saturated carbocycles. The van der Waals surface area contributed by atoms with Crippen molar-refractivity contribution in [3.05, 3.63) is 53.9 Å². The van der Waals surface area contributed by atoms with Gasteiger partial charge in [-0.1, -0.05) is 6.07 Å². The maximum atomic E-state index is 13.4. The zero-order valence-electron chi connectivity index (χ0n) is 9.35. The van der Waals surface area contributed by atoms with Crippen LogP contribution in [0.4, 0.5) is 14.7 Å². The van der Waals surface area contributed by atoms with Gasteiger partial charge in [-0.05, 0) is 18.2 Å². The molecule has 18 heavy (non-hydrogen) atoms. The number of halogens is 2. The standard InChI is InChI=1S/C12H11F2N3O/c13-8-3-1-4-9(14)11(8)10(18)7-17-12-15-5-2-6-16-12/h1-6,10,18H,7H2,(H,15,16,17). The van der Waals surface area contributed by atoms with Gasteiger partial charge in [0.1, 0.15) is 17.7 Å². The predicted octanol–water partition coefficient (Wildman–Crippen LogP) is 1.90. The van der Waals surface area contributed by atoms with E-state index in [2.05, 4.69) is 15.3 Å². The quantitative estimate of drug-likeness (QED) is 0.871. The van der Waals surface area contributed by atoms with Crippen LogP contribution in [0, 0.1) is 11.6 Å². The van der Waals surface area contributed by atoms with Crippen LogP contribution in [-0.2, 0) is 0 Å². The Balaban J connectivity index is 2.06. The zero-order chi connectivity index (χ0) is 13.0. The highest BCUT2D eigenvalue weighted by molar-refractivity contribution is 5.27. The van der Waals surface area contributed by atoms with E-state index in [-0.39, 0.29) is 18.1 Å². The van der Waals surface area contributed by atoms with E-state index in [1.807, 2.05) is 0 Å². The number of aliphatic hydroxyl groups excluding tert-OH is 1. The fourth-order valence-electron chi connectivity index (χ4n) is 1.51. The maximum absolute atomic E-state index is 13.4. The largest absolute Gasteiger partial charge is 0.386 e. The van der Waals surface area contributed by atoms with Gasteiger partial charge in [0.25, 0.3) is 0 Å². The van der Waals surface area contributed by atoms with E-state index >= 15 is 0 Å². The van der Waals surface area contributed by atoms with Crippen molar-refractivity contribution in [2.24, 2.45) is 0 Å². The van der Waals surface area contributed by atoms with Gasteiger partial charge in [-0.3, -0.25) is 0 Å². The molecule has 4 nitrogen and oxygen atoms in total. The highest BCUT2D eigenvalue weighted by atomic mass is 19.1. The molecular weight excluding hydrogens is 240 g/mol. The molecule has 1 unspecified atom stereocenters. The molecule has 1 aromatic carbocycles. The van der Waals surface area contributed by atoms with Crippen molar-refractivity contribution in [1.82, 2.24) is 9.97 Å². The lowest BCUT2D eigenvalue weighted by atomic mass is 10.1. The van der Waals surface area contributed by atoms with Crippen LogP contribution in [0.5, 0.6) is 0 Å². The van der Waals surface area contributed by atoms with Crippen LogP contribution in [-0.4, -0.2) is 21.6 Å². The average molecular weight is 251 g/mol. The van der Waals surface area contributed by atoms with Crippen molar-refractivity contribution in [3.63, 3.8) is 0 Å². The predicted molar refractivity (Wildman–Crippen MR) is 61.8 cm³/mol. The first kappa shape index (κ1) is 12.4. The Kier molecular flexibility index (Phi) is 3.78. The smallest absolute Gasteiger partial charge is 0.222 e. The summed E-state index contributed by atoms with van der Waals surface area (Å²) < 4.78 is 26.7. The molecule has 1 atom stereocenters. The van der Waals surface area contributed by atoms with E-state index in [4.69, 9.17) is 0 Å². The van der Waals surface area contributed by atoms with Crippen LogP contribution in [0.3, 0.4) is 0 Å². The fraction of sp³-hybridized carbons (Fsp3) is 0.167. The molecule has 1 heterocycles. The number of aliphatic hydroxyl groups is 1. The maximum Gasteiger partial charge on any atom is 0.222 e. The number of rotatable bonds is 4. The Labute approximate surface area is 102 Å². The Bertz CT molecular complexity index is 502. The van der Waals surface area contributed by atoms with E-state index in [9.17, 15) is 13.9 Å². The Morgan fingerprint density at radius 2 is 1.72 bits per heavy atom. The number of anilines is 1. The molecule has 0 aliphatic rings. The number of hydrogen-bond acceptors (Lipinski definition) is 4. The molecule has 0 fully saturated rings. The Morgan fingerprint density at radius 3 is 2.33 bits per heavy atom. The fourth-order valence-corrected chi connectivity index (χ4v) is 1.51. The van der Waals surface area contributed by atoms with Crippen LogP contribution in [0.25, 0.3) is 0 Å². The van der Waals surface area contributed by atoms with Crippen molar-refractivity contribution >= 4 is 5.95 Å². The van der Waals surface area contributed by atoms with Gasteiger partial charge in [0.15, 0.2) is 0 Å². The van der Waals surface area contributed by atoms with Gasteiger partial charge < -0.3 is 10.4 Å². The Morgan fingerprint density at radius 1 is 1.11 bits per heavy atom. The van der Waals surface area contributed by atoms with Gasteiger partial charge in [0, 0.05) is 18.9 Å². The molecule has 2 aromatic rings. The Hall–Kier alpha value is -2.08. The van der Waals surface area contributed by atoms with E-state index in [0.717, 1.165) is 12.1 Å². The molecule has 0 amide bonds. The summed E-state index contributed by atoms with van der Waals surface area (Å²) in [6, 6.07) is 5.08. The van der Waals surface area contributed by atoms with Gasteiger partial charge in [0.2, 0.25) is 5.95 Å². The molecule has 0 radical (unpaired) electrons. The van der Waals surface area contributed by atoms with Crippen molar-refractivity contribution < 1.29 is 13.9 Å². The number of hydrogen-bond donors (Lipinski definition) is 2. The van der Waals surface area contributed by atoms with Crippen molar-refractivity contribution in [2.75, 3.05) is 11.9 Å². The average Bonchev–Trinajstić information content (AvgIpc) is 2.37. The number of nitrogens with zero attached hydrogens (tertiary/aromatic N) is 2. The van der Waals surface area contributed by atoms with Crippen LogP contribution >= 0.6 is 0 Å². The molecule has 0 aliphatic carbocycles. The minimum Gasteiger partial charge on any atom is -0.386 e. The third-order valence-electron chi connectivity index (χ3n) is 2.35. The van der Waals surface area contributed by atoms with E-state index in [0.29, 0.717) is 0 Å². The number of nitrogens with one attached hydrogen (secondary N) is 1. The second-order valence-corrected chi connectivity index (χ2v) is 3.60. The lowest BCUT2D eigenvalue weighted by molar-refractivity contribution is 0.181. The molecule has 0 spiro atoms. The molecular formula is C12H11F2N3O. The van der Waals surface area contributed by atoms with E-state index in [1.165, 1.54) is 18.5 Å². The molecule has 0 saturated heterocycles. The minimum atomic E-state index is -1.31. The van der Waals surface area contributed by atoms with Crippen LogP contribution in [0.15, 0.2) is 36.7 Å². The molecule has 2 N–H and O–H groups in total. The summed E-state index contributed by atoms with van der Waals surface area (Å²) in [6.45, 7) is -0.0815. The number of benzene rings is 1. The third-order valence-corrected chi connectivity index (χ3v) is 2.35. The van der Waals surface area contributed by atoms with E-state index in [1.54, 1.807) is 6.07 Å². The lowest BCUT2D eigenvalue weighted by Crippen LogP contribution is -2.16. The van der Waals surface area contributed by atoms with Crippen LogP contribution in [0.1, 0.15) is 11.7 Å². The summed E-state index contributed by atoms with van der Waals surface area (Å²) in [4.78, 5) is 7.74. The van der Waals surface area contributed by atoms with Crippen LogP contribution in [0.2, 0.25) is 0 Å². The first-order valence-electron chi connectivity index (χ1n) is 5.31. The zero-order valence-corrected chi connectivity index (χ0v) is 9.35. The number of aromatic nitrogens is 2. The summed E-state index contributed by atoms with van der Waals surface area (Å²) in [5.74, 6) is -1.27. The SMILES string of the molecule is OC(CNc1ncccn1)c1c(F)cccc1F. The van der Waals surface area contributed by atoms with Crippen molar-refractivity contribution in [1.29, 1.82) is 0 Å². The second kappa shape index (κ2) is 5.50. The summed E-state index contributed by atoms with van der Waals surface area (Å²) >= 11 is 0. The molecule has 6 heteroatoms. The first-order chi connectivity index (χ1) is 8.68.